The number of aliphatic hydroxyl groups is 1. The van der Waals surface area contributed by atoms with Gasteiger partial charge in [-0.1, -0.05) is 0 Å². The summed E-state index contributed by atoms with van der Waals surface area (Å²) >= 11 is 0. The number of aliphatic hydroxyl groups excluding tert-OH is 1. The van der Waals surface area contributed by atoms with E-state index in [1.54, 1.807) is 0 Å². The Kier molecular flexibility index (Phi) is 16.0. The van der Waals surface area contributed by atoms with Crippen LogP contribution in [-0.4, -0.2) is 26.7 Å². The van der Waals surface area contributed by atoms with Crippen LogP contribution in [0.2, 0.25) is 0 Å². The minimum Gasteiger partial charge on any atom is -0.395 e. The minimum absolute atomic E-state index is 0. The summed E-state index contributed by atoms with van der Waals surface area (Å²) in [7, 11) is 0. The minimum atomic E-state index is 0. The molecule has 0 unspecified atom stereocenters. The van der Waals surface area contributed by atoms with Crippen molar-refractivity contribution in [3.63, 3.8) is 0 Å². The van der Waals surface area contributed by atoms with E-state index in [0.717, 1.165) is 0 Å². The molecule has 0 bridgehead atoms. The normalized spacial score (nSPS) is 6.00. The first kappa shape index (κ1) is 8.88. The Bertz CT molecular complexity index is 11.6. The molecule has 3 N–H and O–H groups in total. The van der Waals surface area contributed by atoms with Crippen molar-refractivity contribution in [1.29, 1.82) is 0 Å². The summed E-state index contributed by atoms with van der Waals surface area (Å²) in [4.78, 5) is 0. The topological polar surface area (TPSA) is 46.2 Å². The highest BCUT2D eigenvalue weighted by molar-refractivity contribution is 5.75. The van der Waals surface area contributed by atoms with Crippen LogP contribution in [-0.2, 0) is 0 Å². The first-order valence-corrected chi connectivity index (χ1v) is 1.22. The van der Waals surface area contributed by atoms with Gasteiger partial charge in [0.2, 0.25) is 0 Å². The van der Waals surface area contributed by atoms with Gasteiger partial charge in [-0.05, 0) is 0 Å². The second kappa shape index (κ2) is 9.01. The lowest BCUT2D eigenvalue weighted by Gasteiger charge is -1.71. The van der Waals surface area contributed by atoms with Crippen LogP contribution in [0.4, 0.5) is 0 Å². The van der Waals surface area contributed by atoms with E-state index in [1.807, 2.05) is 0 Å². The maximum atomic E-state index is 7.75. The average Bonchev–Trinajstić information content (AvgIpc) is 1.37. The molecule has 0 aromatic carbocycles. The highest BCUT2D eigenvalue weighted by Gasteiger charge is 1.56. The van der Waals surface area contributed by atoms with Gasteiger partial charge < -0.3 is 10.8 Å². The Hall–Kier alpha value is -0.0151. The smallest absolute Gasteiger partial charge is 0.0553 e. The van der Waals surface area contributed by atoms with E-state index >= 15 is 0 Å². The molecular weight excluding hydrogens is 64.8 g/mol. The van der Waals surface area contributed by atoms with Gasteiger partial charge in [0.05, 0.1) is 6.61 Å². The molecule has 0 spiro atoms. The largest absolute Gasteiger partial charge is 0.395 e. The number of nitrogens with two attached hydrogens (primary N) is 1. The van der Waals surface area contributed by atoms with Crippen LogP contribution in [0.25, 0.3) is 0 Å². The van der Waals surface area contributed by atoms with Crippen LogP contribution in [0.5, 0.6) is 0 Å². The van der Waals surface area contributed by atoms with E-state index < -0.39 is 0 Å². The maximum Gasteiger partial charge on any atom is 0.0553 e. The van der Waals surface area contributed by atoms with Crippen LogP contribution in [0.3, 0.4) is 0 Å². The molecular formula is C2H7BNO. The van der Waals surface area contributed by atoms with Crippen molar-refractivity contribution >= 4 is 8.41 Å². The second-order valence-electron chi connectivity index (χ2n) is 0.512. The fourth-order valence-electron chi connectivity index (χ4n) is 0. The van der Waals surface area contributed by atoms with Gasteiger partial charge >= 0.3 is 0 Å². The monoisotopic (exact) mass is 72.1 g/mol. The fourth-order valence-corrected chi connectivity index (χ4v) is 0. The van der Waals surface area contributed by atoms with Gasteiger partial charge in [-0.15, -0.1) is 0 Å². The molecule has 5 heavy (non-hydrogen) atoms. The van der Waals surface area contributed by atoms with Gasteiger partial charge in [0, 0.05) is 15.0 Å². The van der Waals surface area contributed by atoms with Gasteiger partial charge in [0.15, 0.2) is 0 Å². The summed E-state index contributed by atoms with van der Waals surface area (Å²) in [5, 5.41) is 7.75. The zero-order chi connectivity index (χ0) is 3.41. The van der Waals surface area contributed by atoms with E-state index in [9.17, 15) is 0 Å². The Morgan fingerprint density at radius 1 is 1.60 bits per heavy atom. The molecule has 0 aliphatic carbocycles. The first-order chi connectivity index (χ1) is 1.91. The van der Waals surface area contributed by atoms with Gasteiger partial charge in [0.1, 0.15) is 0 Å². The van der Waals surface area contributed by atoms with Crippen molar-refractivity contribution < 1.29 is 5.11 Å². The lowest BCUT2D eigenvalue weighted by molar-refractivity contribution is 0.306. The molecule has 0 heterocycles. The molecule has 2 nitrogen and oxygen atoms in total. The summed E-state index contributed by atoms with van der Waals surface area (Å²) < 4.78 is 0. The van der Waals surface area contributed by atoms with Crippen LogP contribution in [0, 0.1) is 0 Å². The summed E-state index contributed by atoms with van der Waals surface area (Å²) in [6, 6.07) is 0. The molecule has 29 valence electrons. The van der Waals surface area contributed by atoms with Gasteiger partial charge in [0.25, 0.3) is 0 Å². The molecule has 0 atom stereocenters. The molecule has 0 fully saturated rings. The summed E-state index contributed by atoms with van der Waals surface area (Å²) in [6.07, 6.45) is 0. The highest BCUT2D eigenvalue weighted by atomic mass is 16.3. The van der Waals surface area contributed by atoms with Crippen LogP contribution in [0.1, 0.15) is 0 Å². The number of rotatable bonds is 1. The standard InChI is InChI=1S/C2H7NO.B/c3-1-2-4;/h4H,1-3H2;. The first-order valence-electron chi connectivity index (χ1n) is 1.22. The quantitative estimate of drug-likeness (QED) is 0.372. The number of hydrogen-bond acceptors (Lipinski definition) is 2. The molecule has 0 aliphatic rings. The predicted octanol–water partition coefficient (Wildman–Crippen LogP) is -1.44. The Balaban J connectivity index is 0. The summed E-state index contributed by atoms with van der Waals surface area (Å²) in [6.45, 7) is 0.472. The Morgan fingerprint density at radius 2 is 1.80 bits per heavy atom. The van der Waals surface area contributed by atoms with Crippen LogP contribution >= 0.6 is 0 Å². The summed E-state index contributed by atoms with van der Waals surface area (Å²) in [5.41, 5.74) is 4.78. The molecule has 0 rings (SSSR count). The van der Waals surface area contributed by atoms with Crippen molar-refractivity contribution in [2.75, 3.05) is 13.2 Å². The number of hydrogen-bond donors (Lipinski definition) is 2. The van der Waals surface area contributed by atoms with E-state index in [-0.39, 0.29) is 15.0 Å². The third-order valence-electron chi connectivity index (χ3n) is 0.129. The predicted molar refractivity (Wildman–Crippen MR) is 21.9 cm³/mol. The molecule has 3 heteroatoms. The zero-order valence-corrected chi connectivity index (χ0v) is 3.02. The third kappa shape index (κ3) is 16.2. The Labute approximate surface area is 33.6 Å². The van der Waals surface area contributed by atoms with Gasteiger partial charge in [-0.25, -0.2) is 0 Å². The molecule has 0 aliphatic heterocycles. The maximum absolute atomic E-state index is 7.75. The second-order valence-corrected chi connectivity index (χ2v) is 0.512. The zero-order valence-electron chi connectivity index (χ0n) is 3.02. The Morgan fingerprint density at radius 3 is 1.80 bits per heavy atom. The lowest BCUT2D eigenvalue weighted by atomic mass is 10.8. The van der Waals surface area contributed by atoms with Crippen molar-refractivity contribution in [3.05, 3.63) is 0 Å². The molecule has 0 aromatic heterocycles. The van der Waals surface area contributed by atoms with Crippen LogP contribution in [0.15, 0.2) is 0 Å². The lowest BCUT2D eigenvalue weighted by Crippen LogP contribution is -2.02. The van der Waals surface area contributed by atoms with Crippen molar-refractivity contribution in [2.45, 2.75) is 0 Å². The van der Waals surface area contributed by atoms with E-state index in [2.05, 4.69) is 0 Å². The van der Waals surface area contributed by atoms with Gasteiger partial charge in [-0.3, -0.25) is 0 Å². The summed E-state index contributed by atoms with van der Waals surface area (Å²) in [5.74, 6) is 0. The van der Waals surface area contributed by atoms with Crippen molar-refractivity contribution in [1.82, 2.24) is 0 Å². The van der Waals surface area contributed by atoms with Crippen LogP contribution < -0.4 is 5.73 Å². The fraction of sp³-hybridized carbons (Fsp3) is 1.00. The van der Waals surface area contributed by atoms with Crippen molar-refractivity contribution in [3.8, 4) is 0 Å². The van der Waals surface area contributed by atoms with E-state index in [0.29, 0.717) is 6.54 Å². The SMILES string of the molecule is NCCO.[B]. The third-order valence-corrected chi connectivity index (χ3v) is 0.129. The molecule has 0 amide bonds. The van der Waals surface area contributed by atoms with Gasteiger partial charge in [-0.2, -0.15) is 0 Å². The molecule has 3 radical (unpaired) electrons. The highest BCUT2D eigenvalue weighted by Crippen LogP contribution is 1.33. The van der Waals surface area contributed by atoms with E-state index in [1.165, 1.54) is 0 Å². The molecule has 0 aromatic rings. The average molecular weight is 71.9 g/mol. The van der Waals surface area contributed by atoms with Crippen molar-refractivity contribution in [2.24, 2.45) is 5.73 Å². The molecule has 0 saturated heterocycles. The van der Waals surface area contributed by atoms with E-state index in [4.69, 9.17) is 10.8 Å². The molecule has 0 saturated carbocycles.